The topological polar surface area (TPSA) is 58.6 Å². The number of piperidine rings is 1. The molecule has 1 saturated heterocycles. The summed E-state index contributed by atoms with van der Waals surface area (Å²) < 4.78 is 5.12. The largest absolute Gasteiger partial charge is 0.495 e. The SMILES string of the molecule is COc1ccc(C(=O)N2CCCCC2CCNC(C)=O)cc1Cl. The maximum atomic E-state index is 12.8. The molecule has 1 atom stereocenters. The van der Waals surface area contributed by atoms with Crippen LogP contribution in [0.25, 0.3) is 0 Å². The first-order valence-electron chi connectivity index (χ1n) is 7.92. The summed E-state index contributed by atoms with van der Waals surface area (Å²) in [5, 5.41) is 3.24. The van der Waals surface area contributed by atoms with Crippen LogP contribution in [0.4, 0.5) is 0 Å². The van der Waals surface area contributed by atoms with Gasteiger partial charge in [-0.2, -0.15) is 0 Å². The molecule has 1 heterocycles. The van der Waals surface area contributed by atoms with Crippen LogP contribution in [0.1, 0.15) is 43.0 Å². The lowest BCUT2D eigenvalue weighted by atomic mass is 9.98. The molecule has 1 fully saturated rings. The summed E-state index contributed by atoms with van der Waals surface area (Å²) in [6, 6.07) is 5.27. The van der Waals surface area contributed by atoms with Gasteiger partial charge in [0.05, 0.1) is 12.1 Å². The molecule has 23 heavy (non-hydrogen) atoms. The molecule has 0 aliphatic carbocycles. The van der Waals surface area contributed by atoms with Gasteiger partial charge in [-0.25, -0.2) is 0 Å². The van der Waals surface area contributed by atoms with Crippen LogP contribution in [0, 0.1) is 0 Å². The lowest BCUT2D eigenvalue weighted by Gasteiger charge is -2.36. The van der Waals surface area contributed by atoms with Crippen molar-refractivity contribution in [2.24, 2.45) is 0 Å². The minimum absolute atomic E-state index is 0.0120. The number of rotatable bonds is 5. The van der Waals surface area contributed by atoms with Gasteiger partial charge < -0.3 is 15.0 Å². The molecule has 1 aromatic rings. The maximum Gasteiger partial charge on any atom is 0.254 e. The van der Waals surface area contributed by atoms with Crippen molar-refractivity contribution < 1.29 is 14.3 Å². The Morgan fingerprint density at radius 3 is 2.83 bits per heavy atom. The summed E-state index contributed by atoms with van der Waals surface area (Å²) in [7, 11) is 1.55. The van der Waals surface area contributed by atoms with Gasteiger partial charge in [-0.3, -0.25) is 9.59 Å². The average molecular weight is 339 g/mol. The van der Waals surface area contributed by atoms with Crippen LogP contribution in [0.5, 0.6) is 5.75 Å². The highest BCUT2D eigenvalue weighted by molar-refractivity contribution is 6.32. The molecular formula is C17H23ClN2O3. The predicted octanol–water partition coefficient (Wildman–Crippen LogP) is 2.87. The van der Waals surface area contributed by atoms with E-state index in [2.05, 4.69) is 5.32 Å². The Morgan fingerprint density at radius 1 is 1.39 bits per heavy atom. The number of carbonyl (C=O) groups is 2. The molecule has 0 aromatic heterocycles. The molecule has 2 rings (SSSR count). The molecule has 1 aliphatic heterocycles. The zero-order valence-electron chi connectivity index (χ0n) is 13.6. The van der Waals surface area contributed by atoms with E-state index in [1.165, 1.54) is 6.92 Å². The van der Waals surface area contributed by atoms with Crippen LogP contribution < -0.4 is 10.1 Å². The Labute approximate surface area is 141 Å². The smallest absolute Gasteiger partial charge is 0.254 e. The number of methoxy groups -OCH3 is 1. The van der Waals surface area contributed by atoms with Crippen molar-refractivity contribution in [2.75, 3.05) is 20.2 Å². The van der Waals surface area contributed by atoms with Gasteiger partial charge in [-0.05, 0) is 43.9 Å². The van der Waals surface area contributed by atoms with E-state index in [1.54, 1.807) is 25.3 Å². The van der Waals surface area contributed by atoms with Gasteiger partial charge in [0.1, 0.15) is 5.75 Å². The van der Waals surface area contributed by atoms with Gasteiger partial charge in [0, 0.05) is 31.6 Å². The van der Waals surface area contributed by atoms with E-state index in [0.29, 0.717) is 22.9 Å². The molecule has 6 heteroatoms. The fraction of sp³-hybridized carbons (Fsp3) is 0.529. The van der Waals surface area contributed by atoms with Gasteiger partial charge in [0.2, 0.25) is 5.91 Å². The lowest BCUT2D eigenvalue weighted by molar-refractivity contribution is -0.119. The maximum absolute atomic E-state index is 12.8. The molecule has 0 radical (unpaired) electrons. The molecule has 1 unspecified atom stereocenters. The minimum atomic E-state index is -0.0411. The third-order valence-corrected chi connectivity index (χ3v) is 4.43. The number of hydrogen-bond donors (Lipinski definition) is 1. The van der Waals surface area contributed by atoms with Crippen molar-refractivity contribution in [3.63, 3.8) is 0 Å². The second kappa shape index (κ2) is 8.20. The van der Waals surface area contributed by atoms with E-state index in [-0.39, 0.29) is 17.9 Å². The van der Waals surface area contributed by atoms with E-state index in [9.17, 15) is 9.59 Å². The first-order chi connectivity index (χ1) is 11.0. The molecule has 0 bridgehead atoms. The standard InChI is InChI=1S/C17H23ClN2O3/c1-12(21)19-9-8-14-5-3-4-10-20(14)17(22)13-6-7-16(23-2)15(18)11-13/h6-7,11,14H,3-5,8-10H2,1-2H3,(H,19,21). The van der Waals surface area contributed by atoms with Crippen molar-refractivity contribution in [3.8, 4) is 5.75 Å². The number of nitrogens with zero attached hydrogens (tertiary/aromatic N) is 1. The Balaban J connectivity index is 2.08. The third-order valence-electron chi connectivity index (χ3n) is 4.14. The summed E-state index contributed by atoms with van der Waals surface area (Å²) in [6.07, 6.45) is 3.86. The van der Waals surface area contributed by atoms with E-state index in [0.717, 1.165) is 32.2 Å². The average Bonchev–Trinajstić information content (AvgIpc) is 2.54. The van der Waals surface area contributed by atoms with Crippen molar-refractivity contribution >= 4 is 23.4 Å². The zero-order valence-corrected chi connectivity index (χ0v) is 14.4. The Morgan fingerprint density at radius 2 is 2.17 bits per heavy atom. The van der Waals surface area contributed by atoms with Crippen molar-refractivity contribution in [1.82, 2.24) is 10.2 Å². The molecule has 0 saturated carbocycles. The van der Waals surface area contributed by atoms with Crippen LogP contribution in [0.2, 0.25) is 5.02 Å². The van der Waals surface area contributed by atoms with E-state index in [1.807, 2.05) is 4.90 Å². The first kappa shape index (κ1) is 17.6. The summed E-state index contributed by atoms with van der Waals surface area (Å²) >= 11 is 6.12. The van der Waals surface area contributed by atoms with Crippen LogP contribution >= 0.6 is 11.6 Å². The van der Waals surface area contributed by atoms with E-state index < -0.39 is 0 Å². The summed E-state index contributed by atoms with van der Waals surface area (Å²) in [5.41, 5.74) is 0.572. The molecule has 2 amide bonds. The molecule has 5 nitrogen and oxygen atoms in total. The number of likely N-dealkylation sites (tertiary alicyclic amines) is 1. The van der Waals surface area contributed by atoms with Gasteiger partial charge in [0.25, 0.3) is 5.91 Å². The molecule has 1 aromatic carbocycles. The van der Waals surface area contributed by atoms with Crippen LogP contribution in [0.3, 0.4) is 0 Å². The molecule has 0 spiro atoms. The first-order valence-corrected chi connectivity index (χ1v) is 8.29. The number of nitrogens with one attached hydrogen (secondary N) is 1. The van der Waals surface area contributed by atoms with Crippen LogP contribution in [-0.4, -0.2) is 43.0 Å². The quantitative estimate of drug-likeness (QED) is 0.898. The minimum Gasteiger partial charge on any atom is -0.495 e. The number of halogens is 1. The number of carbonyl (C=O) groups excluding carboxylic acids is 2. The van der Waals surface area contributed by atoms with Gasteiger partial charge in [-0.15, -0.1) is 0 Å². The molecular weight excluding hydrogens is 316 g/mol. The lowest BCUT2D eigenvalue weighted by Crippen LogP contribution is -2.45. The highest BCUT2D eigenvalue weighted by Gasteiger charge is 2.27. The van der Waals surface area contributed by atoms with Gasteiger partial charge >= 0.3 is 0 Å². The normalized spacial score (nSPS) is 17.7. The Bertz CT molecular complexity index is 577. The second-order valence-corrected chi connectivity index (χ2v) is 6.18. The number of amides is 2. The van der Waals surface area contributed by atoms with Gasteiger partial charge in [0.15, 0.2) is 0 Å². The second-order valence-electron chi connectivity index (χ2n) is 5.77. The summed E-state index contributed by atoms with van der Waals surface area (Å²) in [5.74, 6) is 0.506. The Hall–Kier alpha value is -1.75. The highest BCUT2D eigenvalue weighted by atomic mass is 35.5. The summed E-state index contributed by atoms with van der Waals surface area (Å²) in [6.45, 7) is 2.84. The monoisotopic (exact) mass is 338 g/mol. The van der Waals surface area contributed by atoms with Crippen LogP contribution in [0.15, 0.2) is 18.2 Å². The number of hydrogen-bond acceptors (Lipinski definition) is 3. The molecule has 1 N–H and O–H groups in total. The third kappa shape index (κ3) is 4.61. The molecule has 1 aliphatic rings. The Kier molecular flexibility index (Phi) is 6.28. The van der Waals surface area contributed by atoms with Crippen molar-refractivity contribution in [3.05, 3.63) is 28.8 Å². The summed E-state index contributed by atoms with van der Waals surface area (Å²) in [4.78, 5) is 25.7. The molecule has 126 valence electrons. The van der Waals surface area contributed by atoms with Crippen molar-refractivity contribution in [2.45, 2.75) is 38.6 Å². The number of benzene rings is 1. The zero-order chi connectivity index (χ0) is 16.8. The van der Waals surface area contributed by atoms with E-state index >= 15 is 0 Å². The highest BCUT2D eigenvalue weighted by Crippen LogP contribution is 2.27. The number of ether oxygens (including phenoxy) is 1. The van der Waals surface area contributed by atoms with Crippen LogP contribution in [-0.2, 0) is 4.79 Å². The fourth-order valence-corrected chi connectivity index (χ4v) is 3.21. The van der Waals surface area contributed by atoms with Gasteiger partial charge in [-0.1, -0.05) is 11.6 Å². The van der Waals surface area contributed by atoms with E-state index in [4.69, 9.17) is 16.3 Å². The fourth-order valence-electron chi connectivity index (χ4n) is 2.95. The van der Waals surface area contributed by atoms with Crippen molar-refractivity contribution in [1.29, 1.82) is 0 Å². The predicted molar refractivity (Wildman–Crippen MR) is 90.0 cm³/mol.